The zero-order valence-electron chi connectivity index (χ0n) is 28.5. The van der Waals surface area contributed by atoms with E-state index in [1.54, 1.807) is 57.3 Å². The molecule has 262 valence electrons. The number of benzene rings is 2. The number of urea groups is 1. The number of nitrogens with one attached hydrogen (secondary N) is 4. The first-order valence-electron chi connectivity index (χ1n) is 16.3. The Morgan fingerprint density at radius 1 is 0.880 bits per heavy atom. The molecule has 0 saturated carbocycles. The molecule has 16 heteroatoms. The Morgan fingerprint density at radius 3 is 2.32 bits per heavy atom. The Labute approximate surface area is 291 Å². The van der Waals surface area contributed by atoms with Crippen LogP contribution in [0.5, 0.6) is 0 Å². The lowest BCUT2D eigenvalue weighted by molar-refractivity contribution is -0.120. The van der Waals surface area contributed by atoms with Crippen molar-refractivity contribution < 1.29 is 18.0 Å². The molecule has 6 rings (SSSR count). The fraction of sp³-hybridized carbons (Fsp3) is 0.353. The number of carbonyl (C=O) groups excluding carboxylic acids is 2. The van der Waals surface area contributed by atoms with E-state index >= 15 is 0 Å². The zero-order valence-corrected chi connectivity index (χ0v) is 29.3. The number of carbonyl (C=O) groups is 2. The maximum Gasteiger partial charge on any atom is 0.329 e. The highest BCUT2D eigenvalue weighted by atomic mass is 32.2. The van der Waals surface area contributed by atoms with Crippen molar-refractivity contribution in [1.29, 1.82) is 0 Å². The lowest BCUT2D eigenvalue weighted by atomic mass is 10.1. The summed E-state index contributed by atoms with van der Waals surface area (Å²) in [4.78, 5) is 38.8. The molecule has 0 spiro atoms. The van der Waals surface area contributed by atoms with Crippen LogP contribution in [0.4, 0.5) is 39.4 Å². The summed E-state index contributed by atoms with van der Waals surface area (Å²) >= 11 is 0. The van der Waals surface area contributed by atoms with E-state index in [1.807, 2.05) is 25.1 Å². The standard InChI is InChI=1S/C34H41N11O4S/c1-23-21-35-32(39-31(23)36-25-6-5-7-28(20-25)50(48,49)42-34(2,3)4)37-24-8-11-27(12-9-24)44-18-16-43(17-19-44)22-26-10-13-29(41-40-26)45-15-14-30(46)38-33(45)47/h5-13,20-21,42H,14-19,22H2,1-4H3,(H,38,46,47)(H2,35,36,37,39). The lowest BCUT2D eigenvalue weighted by Gasteiger charge is -2.36. The van der Waals surface area contributed by atoms with Gasteiger partial charge in [0.25, 0.3) is 0 Å². The van der Waals surface area contributed by atoms with Crippen LogP contribution in [-0.4, -0.2) is 83.7 Å². The molecule has 50 heavy (non-hydrogen) atoms. The topological polar surface area (TPSA) is 178 Å². The summed E-state index contributed by atoms with van der Waals surface area (Å²) in [6, 6.07) is 17.9. The van der Waals surface area contributed by atoms with Crippen LogP contribution in [0.15, 0.2) is 71.8 Å². The minimum Gasteiger partial charge on any atom is -0.369 e. The first kappa shape index (κ1) is 34.7. The van der Waals surface area contributed by atoms with Crippen molar-refractivity contribution in [3.05, 3.63) is 78.1 Å². The highest BCUT2D eigenvalue weighted by molar-refractivity contribution is 7.89. The molecule has 0 aliphatic carbocycles. The van der Waals surface area contributed by atoms with E-state index < -0.39 is 21.6 Å². The SMILES string of the molecule is Cc1cnc(Nc2ccc(N3CCN(Cc4ccc(N5CCC(=O)NC5=O)nn4)CC3)cc2)nc1Nc1cccc(S(=O)(=O)NC(C)(C)C)c1. The number of aryl methyl sites for hydroxylation is 1. The van der Waals surface area contributed by atoms with Crippen LogP contribution in [0.1, 0.15) is 38.4 Å². The van der Waals surface area contributed by atoms with Crippen LogP contribution in [0.25, 0.3) is 0 Å². The van der Waals surface area contributed by atoms with Gasteiger partial charge in [-0.25, -0.2) is 22.9 Å². The number of hydrogen-bond donors (Lipinski definition) is 4. The molecule has 2 aliphatic rings. The van der Waals surface area contributed by atoms with Gasteiger partial charge in [0.15, 0.2) is 5.82 Å². The fourth-order valence-electron chi connectivity index (χ4n) is 5.61. The van der Waals surface area contributed by atoms with Gasteiger partial charge in [-0.1, -0.05) is 6.07 Å². The normalized spacial score (nSPS) is 15.9. The van der Waals surface area contributed by atoms with Gasteiger partial charge in [-0.15, -0.1) is 5.10 Å². The van der Waals surface area contributed by atoms with Crippen molar-refractivity contribution >= 4 is 56.6 Å². The van der Waals surface area contributed by atoms with Gasteiger partial charge in [0, 0.05) is 80.1 Å². The average molecular weight is 700 g/mol. The van der Waals surface area contributed by atoms with E-state index in [9.17, 15) is 18.0 Å². The largest absolute Gasteiger partial charge is 0.369 e. The highest BCUT2D eigenvalue weighted by Gasteiger charge is 2.26. The number of amides is 3. The third-order valence-corrected chi connectivity index (χ3v) is 9.86. The molecule has 2 aromatic heterocycles. The summed E-state index contributed by atoms with van der Waals surface area (Å²) in [6.45, 7) is 11.6. The van der Waals surface area contributed by atoms with Crippen LogP contribution in [0.3, 0.4) is 0 Å². The number of rotatable bonds is 10. The minimum absolute atomic E-state index is 0.162. The van der Waals surface area contributed by atoms with Crippen LogP contribution in [0.2, 0.25) is 0 Å². The number of imide groups is 1. The van der Waals surface area contributed by atoms with Crippen molar-refractivity contribution in [1.82, 2.24) is 35.1 Å². The van der Waals surface area contributed by atoms with Crippen molar-refractivity contribution in [3.8, 4) is 0 Å². The maximum atomic E-state index is 12.8. The van der Waals surface area contributed by atoms with Crippen molar-refractivity contribution in [2.24, 2.45) is 0 Å². The second-order valence-corrected chi connectivity index (χ2v) is 15.0. The van der Waals surface area contributed by atoms with Gasteiger partial charge >= 0.3 is 6.03 Å². The van der Waals surface area contributed by atoms with Gasteiger partial charge in [-0.05, 0) is 82.3 Å². The number of piperazine rings is 1. The van der Waals surface area contributed by atoms with Gasteiger partial charge in [0.05, 0.1) is 10.6 Å². The van der Waals surface area contributed by atoms with Crippen molar-refractivity contribution in [2.75, 3.05) is 53.2 Å². The Balaban J connectivity index is 1.01. The van der Waals surface area contributed by atoms with Crippen molar-refractivity contribution in [3.63, 3.8) is 0 Å². The summed E-state index contributed by atoms with van der Waals surface area (Å²) in [5.74, 6) is 1.11. The van der Waals surface area contributed by atoms with E-state index in [-0.39, 0.29) is 17.2 Å². The molecule has 15 nitrogen and oxygen atoms in total. The molecule has 3 amide bonds. The molecule has 0 atom stereocenters. The molecule has 2 aliphatic heterocycles. The van der Waals surface area contributed by atoms with Gasteiger partial charge in [-0.3, -0.25) is 19.9 Å². The molecular weight excluding hydrogens is 659 g/mol. The first-order chi connectivity index (χ1) is 23.8. The van der Waals surface area contributed by atoms with Gasteiger partial charge < -0.3 is 15.5 Å². The molecule has 0 unspecified atom stereocenters. The van der Waals surface area contributed by atoms with E-state index in [4.69, 9.17) is 0 Å². The summed E-state index contributed by atoms with van der Waals surface area (Å²) in [5, 5.41) is 17.3. The number of hydrogen-bond acceptors (Lipinski definition) is 12. The van der Waals surface area contributed by atoms with Gasteiger partial charge in [-0.2, -0.15) is 10.1 Å². The number of aromatic nitrogens is 4. The predicted octanol–water partition coefficient (Wildman–Crippen LogP) is 3.91. The average Bonchev–Trinajstić information content (AvgIpc) is 3.07. The first-order valence-corrected chi connectivity index (χ1v) is 17.8. The predicted molar refractivity (Wildman–Crippen MR) is 191 cm³/mol. The smallest absolute Gasteiger partial charge is 0.329 e. The van der Waals surface area contributed by atoms with E-state index in [2.05, 4.69) is 62.8 Å². The molecule has 2 saturated heterocycles. The minimum atomic E-state index is -3.69. The van der Waals surface area contributed by atoms with Gasteiger partial charge in [0.2, 0.25) is 21.9 Å². The summed E-state index contributed by atoms with van der Waals surface area (Å²) < 4.78 is 28.4. The fourth-order valence-corrected chi connectivity index (χ4v) is 7.07. The van der Waals surface area contributed by atoms with E-state index in [1.165, 1.54) is 4.90 Å². The van der Waals surface area contributed by atoms with Crippen LogP contribution < -0.4 is 30.5 Å². The second-order valence-electron chi connectivity index (χ2n) is 13.3. The Morgan fingerprint density at radius 2 is 1.64 bits per heavy atom. The van der Waals surface area contributed by atoms with Crippen molar-refractivity contribution in [2.45, 2.75) is 51.1 Å². The Kier molecular flexibility index (Phi) is 9.95. The van der Waals surface area contributed by atoms with Crippen LogP contribution >= 0.6 is 0 Å². The second kappa shape index (κ2) is 14.3. The monoisotopic (exact) mass is 699 g/mol. The maximum absolute atomic E-state index is 12.8. The lowest BCUT2D eigenvalue weighted by Crippen LogP contribution is -2.50. The highest BCUT2D eigenvalue weighted by Crippen LogP contribution is 2.25. The van der Waals surface area contributed by atoms with Crippen LogP contribution in [-0.2, 0) is 21.4 Å². The number of nitrogens with zero attached hydrogens (tertiary/aromatic N) is 7. The zero-order chi connectivity index (χ0) is 35.5. The Hall–Kier alpha value is -5.19. The van der Waals surface area contributed by atoms with E-state index in [0.717, 1.165) is 48.8 Å². The molecule has 0 bridgehead atoms. The number of anilines is 6. The molecule has 4 N–H and O–H groups in total. The molecule has 2 fully saturated rings. The molecule has 0 radical (unpaired) electrons. The van der Waals surface area contributed by atoms with E-state index in [0.29, 0.717) is 36.4 Å². The molecule has 4 aromatic rings. The Bertz CT molecular complexity index is 1960. The van der Waals surface area contributed by atoms with Crippen LogP contribution in [0, 0.1) is 6.92 Å². The molecule has 2 aromatic carbocycles. The third-order valence-electron chi connectivity index (χ3n) is 8.10. The summed E-state index contributed by atoms with van der Waals surface area (Å²) in [6.07, 6.45) is 1.95. The molecular formula is C34H41N11O4S. The quantitative estimate of drug-likeness (QED) is 0.188. The number of sulfonamides is 1. The van der Waals surface area contributed by atoms with Gasteiger partial charge in [0.1, 0.15) is 5.82 Å². The third kappa shape index (κ3) is 8.69. The molecule has 4 heterocycles. The summed E-state index contributed by atoms with van der Waals surface area (Å²) in [5.41, 5.74) is 3.55. The summed E-state index contributed by atoms with van der Waals surface area (Å²) in [7, 11) is -3.69.